The van der Waals surface area contributed by atoms with Gasteiger partial charge >= 0.3 is 0 Å². The smallest absolute Gasteiger partial charge is 0.270 e. The van der Waals surface area contributed by atoms with Crippen molar-refractivity contribution >= 4 is 11.7 Å². The van der Waals surface area contributed by atoms with Gasteiger partial charge in [-0.05, 0) is 31.7 Å². The molecule has 2 aromatic rings. The van der Waals surface area contributed by atoms with Crippen LogP contribution in [0.1, 0.15) is 54.2 Å². The van der Waals surface area contributed by atoms with Crippen LogP contribution in [0.15, 0.2) is 31.0 Å². The summed E-state index contributed by atoms with van der Waals surface area (Å²) in [5.74, 6) is 1.50. The Hall–Kier alpha value is -2.57. The van der Waals surface area contributed by atoms with E-state index >= 15 is 0 Å². The van der Waals surface area contributed by atoms with Crippen molar-refractivity contribution in [3.8, 4) is 0 Å². The summed E-state index contributed by atoms with van der Waals surface area (Å²) in [7, 11) is 0. The van der Waals surface area contributed by atoms with Crippen LogP contribution in [0.25, 0.3) is 0 Å². The maximum Gasteiger partial charge on any atom is 0.270 e. The first-order valence-electron chi connectivity index (χ1n) is 8.93. The van der Waals surface area contributed by atoms with E-state index in [0.717, 1.165) is 31.7 Å². The van der Waals surface area contributed by atoms with Crippen molar-refractivity contribution < 1.29 is 4.79 Å². The number of carbonyl (C=O) groups excluding carboxylic acids is 1. The third-order valence-electron chi connectivity index (χ3n) is 5.17. The maximum absolute atomic E-state index is 12.2. The lowest BCUT2D eigenvalue weighted by atomic mass is 9.83. The van der Waals surface area contributed by atoms with Gasteiger partial charge in [0.15, 0.2) is 0 Å². The molecular weight excluding hydrogens is 316 g/mol. The van der Waals surface area contributed by atoms with Gasteiger partial charge in [-0.2, -0.15) is 0 Å². The van der Waals surface area contributed by atoms with E-state index in [1.54, 1.807) is 18.6 Å². The van der Waals surface area contributed by atoms with Crippen molar-refractivity contribution in [2.75, 3.05) is 18.0 Å². The first-order valence-corrected chi connectivity index (χ1v) is 8.93. The second-order valence-corrected chi connectivity index (χ2v) is 6.76. The fourth-order valence-corrected chi connectivity index (χ4v) is 3.40. The molecule has 1 saturated carbocycles. The van der Waals surface area contributed by atoms with E-state index in [1.807, 2.05) is 0 Å². The van der Waals surface area contributed by atoms with E-state index in [1.165, 1.54) is 31.3 Å². The lowest BCUT2D eigenvalue weighted by Crippen LogP contribution is -2.45. The molecular formula is C18H22N6O. The minimum absolute atomic E-state index is 0.129. The number of hydrogen-bond acceptors (Lipinski definition) is 6. The van der Waals surface area contributed by atoms with Crippen LogP contribution in [0.4, 0.5) is 5.82 Å². The summed E-state index contributed by atoms with van der Waals surface area (Å²) in [6.45, 7) is 1.77. The Labute approximate surface area is 146 Å². The Bertz CT molecular complexity index is 725. The Morgan fingerprint density at radius 3 is 2.60 bits per heavy atom. The van der Waals surface area contributed by atoms with Gasteiger partial charge in [-0.15, -0.1) is 0 Å². The van der Waals surface area contributed by atoms with Crippen molar-refractivity contribution in [2.45, 2.75) is 44.1 Å². The highest BCUT2D eigenvalue weighted by molar-refractivity contribution is 5.92. The highest BCUT2D eigenvalue weighted by atomic mass is 16.1. The number of aromatic nitrogens is 4. The number of rotatable bonds is 4. The van der Waals surface area contributed by atoms with Crippen LogP contribution >= 0.6 is 0 Å². The predicted octanol–water partition coefficient (Wildman–Crippen LogP) is 1.93. The molecule has 1 saturated heterocycles. The zero-order valence-corrected chi connectivity index (χ0v) is 14.1. The standard InChI is InChI=1S/C18H22N6O/c25-18(15-4-7-19-11-20-15)23-14-5-8-24(9-6-14)17-10-16(21-12-22-17)13-2-1-3-13/h4,7,10-14H,1-3,5-6,8-9H2,(H,23,25). The summed E-state index contributed by atoms with van der Waals surface area (Å²) >= 11 is 0. The molecule has 0 aromatic carbocycles. The van der Waals surface area contributed by atoms with Gasteiger partial charge < -0.3 is 10.2 Å². The van der Waals surface area contributed by atoms with E-state index in [-0.39, 0.29) is 11.9 Å². The minimum atomic E-state index is -0.129. The normalized spacial score (nSPS) is 18.6. The SMILES string of the molecule is O=C(NC1CCN(c2cc(C3CCC3)ncn2)CC1)c1ccncn1. The lowest BCUT2D eigenvalue weighted by Gasteiger charge is -2.33. The van der Waals surface area contributed by atoms with Gasteiger partial charge in [0.05, 0.1) is 0 Å². The summed E-state index contributed by atoms with van der Waals surface area (Å²) in [6.07, 6.45) is 10.3. The first-order chi connectivity index (χ1) is 12.3. The molecule has 1 N–H and O–H groups in total. The summed E-state index contributed by atoms with van der Waals surface area (Å²) in [5.41, 5.74) is 1.59. The quantitative estimate of drug-likeness (QED) is 0.917. The van der Waals surface area contributed by atoms with Crippen molar-refractivity contribution in [1.29, 1.82) is 0 Å². The van der Waals surface area contributed by atoms with Crippen molar-refractivity contribution in [2.24, 2.45) is 0 Å². The van der Waals surface area contributed by atoms with Crippen LogP contribution in [0.3, 0.4) is 0 Å². The molecule has 1 amide bonds. The second kappa shape index (κ2) is 7.13. The Morgan fingerprint density at radius 2 is 1.92 bits per heavy atom. The van der Waals surface area contributed by atoms with Gasteiger partial charge in [-0.3, -0.25) is 4.79 Å². The largest absolute Gasteiger partial charge is 0.356 e. The monoisotopic (exact) mass is 338 g/mol. The lowest BCUT2D eigenvalue weighted by molar-refractivity contribution is 0.0926. The highest BCUT2D eigenvalue weighted by Crippen LogP contribution is 2.36. The van der Waals surface area contributed by atoms with Crippen LogP contribution in [0.5, 0.6) is 0 Å². The van der Waals surface area contributed by atoms with Gasteiger partial charge in [0.25, 0.3) is 5.91 Å². The molecule has 7 nitrogen and oxygen atoms in total. The number of nitrogens with one attached hydrogen (secondary N) is 1. The van der Waals surface area contributed by atoms with Gasteiger partial charge in [-0.1, -0.05) is 6.42 Å². The predicted molar refractivity (Wildman–Crippen MR) is 93.4 cm³/mol. The Kier molecular flexibility index (Phi) is 4.54. The van der Waals surface area contributed by atoms with E-state index in [0.29, 0.717) is 11.6 Å². The molecule has 7 heteroatoms. The minimum Gasteiger partial charge on any atom is -0.356 e. The maximum atomic E-state index is 12.2. The van der Waals surface area contributed by atoms with Crippen LogP contribution in [-0.2, 0) is 0 Å². The number of amides is 1. The zero-order valence-electron chi connectivity index (χ0n) is 14.1. The van der Waals surface area contributed by atoms with Crippen molar-refractivity contribution in [3.05, 3.63) is 42.4 Å². The molecule has 0 unspecified atom stereocenters. The molecule has 2 aromatic heterocycles. The van der Waals surface area contributed by atoms with Crippen molar-refractivity contribution in [1.82, 2.24) is 25.3 Å². The Morgan fingerprint density at radius 1 is 1.08 bits per heavy atom. The average molecular weight is 338 g/mol. The molecule has 2 fully saturated rings. The molecule has 0 spiro atoms. The fourth-order valence-electron chi connectivity index (χ4n) is 3.40. The van der Waals surface area contributed by atoms with E-state index in [4.69, 9.17) is 0 Å². The fraction of sp³-hybridized carbons (Fsp3) is 0.500. The summed E-state index contributed by atoms with van der Waals surface area (Å²) in [5, 5.41) is 3.07. The molecule has 1 aliphatic heterocycles. The van der Waals surface area contributed by atoms with E-state index in [9.17, 15) is 4.79 Å². The topological polar surface area (TPSA) is 83.9 Å². The van der Waals surface area contributed by atoms with Crippen LogP contribution in [0, 0.1) is 0 Å². The molecule has 0 bridgehead atoms. The molecule has 25 heavy (non-hydrogen) atoms. The number of anilines is 1. The van der Waals surface area contributed by atoms with E-state index in [2.05, 4.69) is 36.2 Å². The molecule has 2 aliphatic rings. The van der Waals surface area contributed by atoms with Gasteiger partial charge in [-0.25, -0.2) is 19.9 Å². The first kappa shape index (κ1) is 15.9. The van der Waals surface area contributed by atoms with Crippen LogP contribution < -0.4 is 10.2 Å². The van der Waals surface area contributed by atoms with Crippen LogP contribution in [-0.4, -0.2) is 45.0 Å². The number of piperidine rings is 1. The summed E-state index contributed by atoms with van der Waals surface area (Å²) in [4.78, 5) is 31.2. The molecule has 1 aliphatic carbocycles. The average Bonchev–Trinajstić information content (AvgIpc) is 2.62. The summed E-state index contributed by atoms with van der Waals surface area (Å²) < 4.78 is 0. The highest BCUT2D eigenvalue weighted by Gasteiger charge is 2.25. The van der Waals surface area contributed by atoms with Crippen molar-refractivity contribution in [3.63, 3.8) is 0 Å². The van der Waals surface area contributed by atoms with E-state index < -0.39 is 0 Å². The second-order valence-electron chi connectivity index (χ2n) is 6.76. The zero-order chi connectivity index (χ0) is 17.1. The number of nitrogens with zero attached hydrogens (tertiary/aromatic N) is 5. The molecule has 4 rings (SSSR count). The number of hydrogen-bond donors (Lipinski definition) is 1. The van der Waals surface area contributed by atoms with Crippen LogP contribution in [0.2, 0.25) is 0 Å². The Balaban J connectivity index is 1.33. The third-order valence-corrected chi connectivity index (χ3v) is 5.17. The molecule has 3 heterocycles. The molecule has 0 radical (unpaired) electrons. The molecule has 0 atom stereocenters. The van der Waals surface area contributed by atoms with Gasteiger partial charge in [0, 0.05) is 43.0 Å². The number of carbonyl (C=O) groups is 1. The molecule has 130 valence electrons. The summed E-state index contributed by atoms with van der Waals surface area (Å²) in [6, 6.07) is 3.95. The van der Waals surface area contributed by atoms with Gasteiger partial charge in [0.2, 0.25) is 0 Å². The van der Waals surface area contributed by atoms with Gasteiger partial charge in [0.1, 0.15) is 24.2 Å². The third kappa shape index (κ3) is 3.60.